The molecular weight excluding hydrogens is 673 g/mol. The number of esters is 1. The van der Waals surface area contributed by atoms with Crippen LogP contribution in [0.2, 0.25) is 0 Å². The minimum absolute atomic E-state index is 0.0675. The molecular formula is C38H44N4O8S. The van der Waals surface area contributed by atoms with Gasteiger partial charge >= 0.3 is 18.2 Å². The number of alkyl carbamates (subject to hydrolysis) is 1. The van der Waals surface area contributed by atoms with Gasteiger partial charge in [-0.25, -0.2) is 14.4 Å². The van der Waals surface area contributed by atoms with E-state index in [9.17, 15) is 24.0 Å². The van der Waals surface area contributed by atoms with Crippen LogP contribution in [0.1, 0.15) is 64.2 Å². The second-order valence-corrected chi connectivity index (χ2v) is 14.9. The Morgan fingerprint density at radius 3 is 2.16 bits per heavy atom. The van der Waals surface area contributed by atoms with Crippen LogP contribution in [-0.2, 0) is 28.6 Å². The second-order valence-electron chi connectivity index (χ2n) is 13.8. The number of β-lactam (4-membered cyclic amide) rings is 1. The van der Waals surface area contributed by atoms with E-state index < -0.39 is 41.1 Å². The van der Waals surface area contributed by atoms with E-state index in [1.54, 1.807) is 32.6 Å². The van der Waals surface area contributed by atoms with Gasteiger partial charge in [-0.05, 0) is 75.1 Å². The monoisotopic (exact) mass is 716 g/mol. The molecule has 13 heteroatoms. The molecule has 0 saturated carbocycles. The predicted octanol–water partition coefficient (Wildman–Crippen LogP) is 5.07. The molecule has 51 heavy (non-hydrogen) atoms. The minimum atomic E-state index is -0.924. The van der Waals surface area contributed by atoms with Crippen molar-refractivity contribution in [2.45, 2.75) is 70.1 Å². The second kappa shape index (κ2) is 15.2. The van der Waals surface area contributed by atoms with Crippen LogP contribution in [0.4, 0.5) is 9.59 Å². The molecule has 0 unspecified atom stereocenters. The summed E-state index contributed by atoms with van der Waals surface area (Å²) in [7, 11) is 0. The fourth-order valence-electron chi connectivity index (χ4n) is 7.01. The number of allylic oxidation sites excluding steroid dienone is 1. The van der Waals surface area contributed by atoms with Crippen molar-refractivity contribution in [2.24, 2.45) is 5.92 Å². The largest absolute Gasteiger partial charge is 0.450 e. The van der Waals surface area contributed by atoms with E-state index in [4.69, 9.17) is 14.2 Å². The van der Waals surface area contributed by atoms with Crippen molar-refractivity contribution in [3.05, 3.63) is 94.2 Å². The first kappa shape index (κ1) is 36.0. The van der Waals surface area contributed by atoms with E-state index in [1.165, 1.54) is 16.7 Å². The van der Waals surface area contributed by atoms with Crippen molar-refractivity contribution >= 4 is 41.7 Å². The Kier molecular flexibility index (Phi) is 10.8. The number of carbonyl (C=O) groups is 5. The van der Waals surface area contributed by atoms with E-state index in [1.807, 2.05) is 60.7 Å². The number of hydrogen-bond acceptors (Lipinski definition) is 9. The van der Waals surface area contributed by atoms with Crippen molar-refractivity contribution in [1.29, 1.82) is 0 Å². The van der Waals surface area contributed by atoms with Gasteiger partial charge in [0, 0.05) is 31.0 Å². The Balaban J connectivity index is 1.41. The topological polar surface area (TPSA) is 144 Å². The van der Waals surface area contributed by atoms with Gasteiger partial charge in [0.25, 0.3) is 5.91 Å². The number of piperidine rings is 1. The lowest BCUT2D eigenvalue weighted by atomic mass is 9.80. The molecule has 2 N–H and O–H groups in total. The number of fused-ring (bicyclic) bond motifs is 1. The molecule has 4 aliphatic rings. The third-order valence-corrected chi connectivity index (χ3v) is 10.6. The fourth-order valence-corrected chi connectivity index (χ4v) is 8.38. The number of benzene rings is 2. The van der Waals surface area contributed by atoms with Gasteiger partial charge in [-0.1, -0.05) is 60.7 Å². The van der Waals surface area contributed by atoms with E-state index in [2.05, 4.69) is 10.6 Å². The molecule has 6 rings (SSSR count). The maximum atomic E-state index is 14.7. The van der Waals surface area contributed by atoms with Gasteiger partial charge in [0.05, 0.1) is 6.61 Å². The number of thioether (sulfide) groups is 1. The molecule has 2 atom stereocenters. The first-order valence-corrected chi connectivity index (χ1v) is 18.4. The van der Waals surface area contributed by atoms with Gasteiger partial charge in [-0.15, -0.1) is 11.8 Å². The van der Waals surface area contributed by atoms with Crippen molar-refractivity contribution in [2.75, 3.05) is 32.0 Å². The number of amides is 4. The summed E-state index contributed by atoms with van der Waals surface area (Å²) in [6.07, 6.45) is -0.360. The average molecular weight is 717 g/mol. The lowest BCUT2D eigenvalue weighted by molar-refractivity contribution is -0.153. The Morgan fingerprint density at radius 1 is 0.980 bits per heavy atom. The van der Waals surface area contributed by atoms with Gasteiger partial charge in [0.15, 0.2) is 6.10 Å². The highest BCUT2D eigenvalue weighted by atomic mass is 32.2. The fraction of sp³-hybridized carbons (Fsp3) is 0.447. The normalized spacial score (nSPS) is 21.8. The Labute approximate surface area is 301 Å². The highest BCUT2D eigenvalue weighted by Gasteiger charge is 2.56. The van der Waals surface area contributed by atoms with Crippen molar-refractivity contribution in [1.82, 2.24) is 20.4 Å². The third-order valence-electron chi connectivity index (χ3n) is 9.28. The predicted molar refractivity (Wildman–Crippen MR) is 190 cm³/mol. The van der Waals surface area contributed by atoms with E-state index in [0.717, 1.165) is 16.7 Å². The summed E-state index contributed by atoms with van der Waals surface area (Å²) in [4.78, 5) is 70.4. The standard InChI is InChI=1S/C38H44N4O8S/c1-5-48-37(47)41-20-17-23(18-21-41)28(26-16-19-39-32(26)43)27-22-51-34-29(40-36(46)50-38(2,3)4)33(44)42(34)30(27)35(45)49-31(24-12-8-6-9-13-24)25-14-10-7-11-15-25/h6-15,23,29,31,34H,5,16-22H2,1-4H3,(H,39,43)(H,40,46)/t29-,34-/m1/s1. The molecule has 4 aliphatic heterocycles. The highest BCUT2D eigenvalue weighted by Crippen LogP contribution is 2.47. The molecule has 3 saturated heterocycles. The van der Waals surface area contributed by atoms with E-state index in [-0.39, 0.29) is 36.0 Å². The summed E-state index contributed by atoms with van der Waals surface area (Å²) in [5, 5.41) is 5.01. The first-order chi connectivity index (χ1) is 24.5. The third kappa shape index (κ3) is 7.78. The Morgan fingerprint density at radius 2 is 1.61 bits per heavy atom. The Hall–Kier alpha value is -4.78. The number of hydrogen-bond donors (Lipinski definition) is 2. The molecule has 0 aliphatic carbocycles. The summed E-state index contributed by atoms with van der Waals surface area (Å²) in [6.45, 7) is 8.53. The lowest BCUT2D eigenvalue weighted by Gasteiger charge is -2.50. The van der Waals surface area contributed by atoms with Crippen LogP contribution >= 0.6 is 11.8 Å². The maximum Gasteiger partial charge on any atom is 0.409 e. The van der Waals surface area contributed by atoms with E-state index >= 15 is 0 Å². The zero-order chi connectivity index (χ0) is 36.3. The van der Waals surface area contributed by atoms with Gasteiger partial charge in [-0.3, -0.25) is 14.5 Å². The van der Waals surface area contributed by atoms with Gasteiger partial charge < -0.3 is 29.7 Å². The van der Waals surface area contributed by atoms with Crippen LogP contribution in [0.3, 0.4) is 0 Å². The van der Waals surface area contributed by atoms with Crippen LogP contribution in [0.5, 0.6) is 0 Å². The molecule has 0 aromatic heterocycles. The molecule has 0 bridgehead atoms. The summed E-state index contributed by atoms with van der Waals surface area (Å²) < 4.78 is 17.0. The van der Waals surface area contributed by atoms with Crippen LogP contribution in [0, 0.1) is 5.92 Å². The zero-order valence-corrected chi connectivity index (χ0v) is 30.1. The number of nitrogens with zero attached hydrogens (tertiary/aromatic N) is 2. The minimum Gasteiger partial charge on any atom is -0.450 e. The van der Waals surface area contributed by atoms with Crippen LogP contribution in [-0.4, -0.2) is 88.8 Å². The number of nitrogens with one attached hydrogen (secondary N) is 2. The zero-order valence-electron chi connectivity index (χ0n) is 29.3. The molecule has 12 nitrogen and oxygen atoms in total. The highest BCUT2D eigenvalue weighted by molar-refractivity contribution is 8.00. The quantitative estimate of drug-likeness (QED) is 0.166. The molecule has 0 spiro atoms. The van der Waals surface area contributed by atoms with Crippen LogP contribution in [0.15, 0.2) is 83.1 Å². The van der Waals surface area contributed by atoms with Crippen LogP contribution in [0.25, 0.3) is 0 Å². The summed E-state index contributed by atoms with van der Waals surface area (Å²) in [6, 6.07) is 17.8. The molecule has 2 aromatic carbocycles. The smallest absolute Gasteiger partial charge is 0.409 e. The number of carbonyl (C=O) groups excluding carboxylic acids is 5. The van der Waals surface area contributed by atoms with Gasteiger partial charge in [0.2, 0.25) is 5.91 Å². The van der Waals surface area contributed by atoms with Gasteiger partial charge in [-0.2, -0.15) is 0 Å². The van der Waals surface area contributed by atoms with Crippen molar-refractivity contribution < 1.29 is 38.2 Å². The molecule has 2 aromatic rings. The Bertz CT molecular complexity index is 1690. The number of likely N-dealkylation sites (tertiary alicyclic amines) is 1. The SMILES string of the molecule is CCOC(=O)N1CCC(C(=C2CCNC2=O)C2=C(C(=O)OC(c3ccccc3)c3ccccc3)N3C(=O)[C@@H](NC(=O)OC(C)(C)C)[C@H]3SC2)CC1. The van der Waals surface area contributed by atoms with Crippen molar-refractivity contribution in [3.8, 4) is 0 Å². The lowest BCUT2D eigenvalue weighted by Crippen LogP contribution is -2.71. The summed E-state index contributed by atoms with van der Waals surface area (Å²) >= 11 is 1.41. The summed E-state index contributed by atoms with van der Waals surface area (Å²) in [5.74, 6) is -1.28. The maximum absolute atomic E-state index is 14.7. The molecule has 4 heterocycles. The molecule has 0 radical (unpaired) electrons. The average Bonchev–Trinajstić information content (AvgIpc) is 3.54. The number of rotatable bonds is 8. The van der Waals surface area contributed by atoms with Crippen LogP contribution < -0.4 is 10.6 Å². The van der Waals surface area contributed by atoms with Crippen molar-refractivity contribution in [3.63, 3.8) is 0 Å². The molecule has 4 amide bonds. The molecule has 3 fully saturated rings. The van der Waals surface area contributed by atoms with E-state index in [0.29, 0.717) is 50.0 Å². The van der Waals surface area contributed by atoms with Gasteiger partial charge in [0.1, 0.15) is 22.7 Å². The number of ether oxygens (including phenoxy) is 3. The molecule has 270 valence electrons. The first-order valence-electron chi connectivity index (χ1n) is 17.4. The summed E-state index contributed by atoms with van der Waals surface area (Å²) in [5.41, 5.74) is 2.65.